The van der Waals surface area contributed by atoms with Crippen molar-refractivity contribution >= 4 is 12.0 Å². The summed E-state index contributed by atoms with van der Waals surface area (Å²) in [6.45, 7) is 1.18. The topological polar surface area (TPSA) is 60.9 Å². The van der Waals surface area contributed by atoms with Gasteiger partial charge in [0, 0.05) is 20.1 Å². The van der Waals surface area contributed by atoms with Crippen LogP contribution in [0.25, 0.3) is 0 Å². The number of aliphatic carboxylic acids is 1. The van der Waals surface area contributed by atoms with Crippen LogP contribution in [-0.4, -0.2) is 52.6 Å². The summed E-state index contributed by atoms with van der Waals surface area (Å²) in [5, 5.41) is 9.32. The molecule has 2 rings (SSSR count). The number of urea groups is 1. The molecule has 1 N–H and O–H groups in total. The Morgan fingerprint density at radius 3 is 2.33 bits per heavy atom. The molecule has 84 valence electrons. The van der Waals surface area contributed by atoms with Crippen molar-refractivity contribution in [3.63, 3.8) is 0 Å². The lowest BCUT2D eigenvalue weighted by molar-refractivity contribution is -0.149. The largest absolute Gasteiger partial charge is 0.479 e. The number of amides is 2. The summed E-state index contributed by atoms with van der Waals surface area (Å²) in [6.07, 6.45) is 3.00. The molecule has 0 radical (unpaired) electrons. The molecule has 1 saturated carbocycles. The fourth-order valence-electron chi connectivity index (χ4n) is 2.60. The van der Waals surface area contributed by atoms with Gasteiger partial charge in [0.15, 0.2) is 0 Å². The lowest BCUT2D eigenvalue weighted by atomic mass is 9.96. The molecule has 1 aliphatic heterocycles. The molecule has 0 atom stereocenters. The summed E-state index contributed by atoms with van der Waals surface area (Å²) in [7, 11) is 1.72. The first kappa shape index (κ1) is 10.3. The van der Waals surface area contributed by atoms with E-state index in [1.165, 1.54) is 0 Å². The lowest BCUT2D eigenvalue weighted by Crippen LogP contribution is -2.54. The molecule has 1 heterocycles. The minimum Gasteiger partial charge on any atom is -0.479 e. The van der Waals surface area contributed by atoms with Gasteiger partial charge in [0.1, 0.15) is 5.54 Å². The van der Waals surface area contributed by atoms with E-state index in [0.717, 1.165) is 12.8 Å². The highest BCUT2D eigenvalue weighted by Crippen LogP contribution is 2.37. The minimum absolute atomic E-state index is 0.140. The van der Waals surface area contributed by atoms with Gasteiger partial charge in [0.2, 0.25) is 0 Å². The van der Waals surface area contributed by atoms with Crippen molar-refractivity contribution < 1.29 is 14.7 Å². The molecule has 0 aromatic carbocycles. The zero-order chi connectivity index (χ0) is 11.1. The maximum atomic E-state index is 11.8. The van der Waals surface area contributed by atoms with Crippen LogP contribution in [0.15, 0.2) is 0 Å². The molecule has 2 amide bonds. The van der Waals surface area contributed by atoms with Crippen molar-refractivity contribution in [2.24, 2.45) is 0 Å². The van der Waals surface area contributed by atoms with Crippen molar-refractivity contribution in [3.8, 4) is 0 Å². The molecule has 1 aliphatic carbocycles. The number of nitrogens with zero attached hydrogens (tertiary/aromatic N) is 2. The molecule has 0 aromatic rings. The predicted molar refractivity (Wildman–Crippen MR) is 53.6 cm³/mol. The predicted octanol–water partition coefficient (Wildman–Crippen LogP) is 0.751. The van der Waals surface area contributed by atoms with Gasteiger partial charge in [-0.2, -0.15) is 0 Å². The molecule has 5 heteroatoms. The van der Waals surface area contributed by atoms with Crippen LogP contribution in [0.2, 0.25) is 0 Å². The summed E-state index contributed by atoms with van der Waals surface area (Å²) in [6, 6.07) is -0.140. The second kappa shape index (κ2) is 3.40. The van der Waals surface area contributed by atoms with Crippen LogP contribution in [0.4, 0.5) is 4.79 Å². The Hall–Kier alpha value is -1.26. The van der Waals surface area contributed by atoms with E-state index in [-0.39, 0.29) is 6.03 Å². The van der Waals surface area contributed by atoms with Gasteiger partial charge in [-0.25, -0.2) is 9.59 Å². The van der Waals surface area contributed by atoms with E-state index in [4.69, 9.17) is 0 Å². The van der Waals surface area contributed by atoms with Gasteiger partial charge < -0.3 is 14.9 Å². The van der Waals surface area contributed by atoms with E-state index < -0.39 is 11.5 Å². The Labute approximate surface area is 88.6 Å². The van der Waals surface area contributed by atoms with E-state index in [1.807, 2.05) is 0 Å². The third kappa shape index (κ3) is 1.37. The number of carboxylic acids is 1. The quantitative estimate of drug-likeness (QED) is 0.734. The maximum absolute atomic E-state index is 11.8. The van der Waals surface area contributed by atoms with E-state index in [9.17, 15) is 14.7 Å². The van der Waals surface area contributed by atoms with Crippen LogP contribution < -0.4 is 0 Å². The Morgan fingerprint density at radius 1 is 1.33 bits per heavy atom. The molecular weight excluding hydrogens is 196 g/mol. The number of carboxylic acid groups (broad SMARTS) is 1. The van der Waals surface area contributed by atoms with Gasteiger partial charge in [-0.15, -0.1) is 0 Å². The zero-order valence-corrected chi connectivity index (χ0v) is 8.90. The van der Waals surface area contributed by atoms with Gasteiger partial charge in [-0.1, -0.05) is 12.8 Å². The Balaban J connectivity index is 2.26. The van der Waals surface area contributed by atoms with Crippen molar-refractivity contribution in [3.05, 3.63) is 0 Å². The van der Waals surface area contributed by atoms with E-state index in [1.54, 1.807) is 16.8 Å². The summed E-state index contributed by atoms with van der Waals surface area (Å²) in [5.41, 5.74) is -0.915. The Kier molecular flexibility index (Phi) is 2.32. The van der Waals surface area contributed by atoms with Crippen LogP contribution >= 0.6 is 0 Å². The fraction of sp³-hybridized carbons (Fsp3) is 0.800. The average Bonchev–Trinajstić information content (AvgIpc) is 2.77. The van der Waals surface area contributed by atoms with Crippen LogP contribution in [0.5, 0.6) is 0 Å². The van der Waals surface area contributed by atoms with Crippen LogP contribution in [0.1, 0.15) is 25.7 Å². The summed E-state index contributed by atoms with van der Waals surface area (Å²) in [5.74, 6) is -0.844. The molecule has 0 unspecified atom stereocenters. The van der Waals surface area contributed by atoms with E-state index in [2.05, 4.69) is 0 Å². The van der Waals surface area contributed by atoms with E-state index in [0.29, 0.717) is 25.9 Å². The van der Waals surface area contributed by atoms with Gasteiger partial charge in [-0.3, -0.25) is 0 Å². The number of likely N-dealkylation sites (N-methyl/N-ethyl adjacent to an activating group) is 1. The summed E-state index contributed by atoms with van der Waals surface area (Å²) in [4.78, 5) is 26.3. The molecular formula is C10H16N2O3. The Morgan fingerprint density at radius 2 is 1.93 bits per heavy atom. The van der Waals surface area contributed by atoms with Crippen molar-refractivity contribution in [2.75, 3.05) is 20.1 Å². The Bertz CT molecular complexity index is 297. The molecule has 1 saturated heterocycles. The van der Waals surface area contributed by atoms with Gasteiger partial charge in [0.05, 0.1) is 0 Å². The number of carbonyl (C=O) groups excluding carboxylic acids is 1. The highest BCUT2D eigenvalue weighted by atomic mass is 16.4. The SMILES string of the molecule is CN1CCN(C2(C(=O)O)CCCC2)C1=O. The zero-order valence-electron chi connectivity index (χ0n) is 8.90. The maximum Gasteiger partial charge on any atom is 0.329 e. The van der Waals surface area contributed by atoms with Crippen molar-refractivity contribution in [1.29, 1.82) is 0 Å². The molecule has 15 heavy (non-hydrogen) atoms. The smallest absolute Gasteiger partial charge is 0.329 e. The molecule has 2 aliphatic rings. The average molecular weight is 212 g/mol. The molecule has 2 fully saturated rings. The second-order valence-corrected chi connectivity index (χ2v) is 4.40. The normalized spacial score (nSPS) is 25.0. The second-order valence-electron chi connectivity index (χ2n) is 4.40. The van der Waals surface area contributed by atoms with Crippen molar-refractivity contribution in [2.45, 2.75) is 31.2 Å². The first-order chi connectivity index (χ1) is 7.08. The molecule has 0 aromatic heterocycles. The first-order valence-electron chi connectivity index (χ1n) is 5.34. The number of carbonyl (C=O) groups is 2. The third-order valence-electron chi connectivity index (χ3n) is 3.56. The van der Waals surface area contributed by atoms with E-state index >= 15 is 0 Å². The first-order valence-corrected chi connectivity index (χ1v) is 5.34. The van der Waals surface area contributed by atoms with Crippen molar-refractivity contribution in [1.82, 2.24) is 9.80 Å². The van der Waals surface area contributed by atoms with Gasteiger partial charge in [-0.05, 0) is 12.8 Å². The lowest BCUT2D eigenvalue weighted by Gasteiger charge is -2.34. The fourth-order valence-corrected chi connectivity index (χ4v) is 2.60. The number of hydrogen-bond acceptors (Lipinski definition) is 2. The molecule has 5 nitrogen and oxygen atoms in total. The number of hydrogen-bond donors (Lipinski definition) is 1. The molecule has 0 bridgehead atoms. The summed E-state index contributed by atoms with van der Waals surface area (Å²) < 4.78 is 0. The highest BCUT2D eigenvalue weighted by Gasteiger charge is 2.51. The third-order valence-corrected chi connectivity index (χ3v) is 3.56. The highest BCUT2D eigenvalue weighted by molar-refractivity contribution is 5.87. The monoisotopic (exact) mass is 212 g/mol. The van der Waals surface area contributed by atoms with Crippen LogP contribution in [-0.2, 0) is 4.79 Å². The standard InChI is InChI=1S/C10H16N2O3/c1-11-6-7-12(9(11)15)10(8(13)14)4-2-3-5-10/h2-7H2,1H3,(H,13,14). The number of rotatable bonds is 2. The summed E-state index contributed by atoms with van der Waals surface area (Å²) >= 11 is 0. The van der Waals surface area contributed by atoms with Gasteiger partial charge in [0.25, 0.3) is 0 Å². The minimum atomic E-state index is -0.915. The van der Waals surface area contributed by atoms with Crippen LogP contribution in [0.3, 0.4) is 0 Å². The van der Waals surface area contributed by atoms with Gasteiger partial charge >= 0.3 is 12.0 Å². The van der Waals surface area contributed by atoms with Crippen LogP contribution in [0, 0.1) is 0 Å². The molecule has 0 spiro atoms.